The van der Waals surface area contributed by atoms with Gasteiger partial charge in [0, 0.05) is 41.0 Å². The molecule has 0 unspecified atom stereocenters. The molecule has 1 heterocycles. The van der Waals surface area contributed by atoms with E-state index in [0.29, 0.717) is 18.8 Å². The lowest BCUT2D eigenvalue weighted by atomic mass is 10.1. The zero-order chi connectivity index (χ0) is 21.5. The number of para-hydroxylation sites is 1. The van der Waals surface area contributed by atoms with Crippen molar-refractivity contribution in [3.05, 3.63) is 53.0 Å². The predicted molar refractivity (Wildman–Crippen MR) is 128 cm³/mol. The maximum absolute atomic E-state index is 12.4. The number of halogens is 1. The molecule has 0 aliphatic heterocycles. The third kappa shape index (κ3) is 5.57. The summed E-state index contributed by atoms with van der Waals surface area (Å²) in [4.78, 5) is 24.3. The van der Waals surface area contributed by atoms with Gasteiger partial charge >= 0.3 is 0 Å². The molecule has 1 N–H and O–H groups in total. The lowest BCUT2D eigenvalue weighted by Gasteiger charge is -2.25. The minimum atomic E-state index is 0.0797. The first-order chi connectivity index (χ1) is 14.5. The van der Waals surface area contributed by atoms with Crippen LogP contribution in [0.5, 0.6) is 0 Å². The van der Waals surface area contributed by atoms with E-state index in [2.05, 4.69) is 46.1 Å². The van der Waals surface area contributed by atoms with Gasteiger partial charge < -0.3 is 10.2 Å². The zero-order valence-electron chi connectivity index (χ0n) is 17.9. The van der Waals surface area contributed by atoms with Crippen molar-refractivity contribution in [1.82, 2.24) is 15.3 Å². The molecule has 0 aliphatic carbocycles. The van der Waals surface area contributed by atoms with Gasteiger partial charge in [0.05, 0.1) is 5.52 Å². The second kappa shape index (κ2) is 10.5. The molecule has 0 bridgehead atoms. The van der Waals surface area contributed by atoms with E-state index in [-0.39, 0.29) is 11.9 Å². The van der Waals surface area contributed by atoms with Gasteiger partial charge in [-0.25, -0.2) is 9.97 Å². The fraction of sp³-hybridized carbons (Fsp3) is 0.375. The highest BCUT2D eigenvalue weighted by atomic mass is 79.9. The second-order valence-corrected chi connectivity index (χ2v) is 8.43. The topological polar surface area (TPSA) is 58.1 Å². The van der Waals surface area contributed by atoms with Crippen molar-refractivity contribution in [3.8, 4) is 11.4 Å². The maximum atomic E-state index is 12.4. The first kappa shape index (κ1) is 22.2. The summed E-state index contributed by atoms with van der Waals surface area (Å²) < 4.78 is 0.991. The van der Waals surface area contributed by atoms with Gasteiger partial charge in [-0.15, -0.1) is 0 Å². The van der Waals surface area contributed by atoms with Gasteiger partial charge in [0.15, 0.2) is 5.82 Å². The van der Waals surface area contributed by atoms with Gasteiger partial charge in [-0.1, -0.05) is 54.0 Å². The summed E-state index contributed by atoms with van der Waals surface area (Å²) in [5, 5.41) is 4.06. The fourth-order valence-electron chi connectivity index (χ4n) is 3.34. The number of aromatic nitrogens is 2. The van der Waals surface area contributed by atoms with Crippen LogP contribution in [0.15, 0.2) is 53.0 Å². The van der Waals surface area contributed by atoms with E-state index < -0.39 is 0 Å². The quantitative estimate of drug-likeness (QED) is 0.445. The Hall–Kier alpha value is -2.47. The molecule has 2 aromatic carbocycles. The van der Waals surface area contributed by atoms with Crippen LogP contribution >= 0.6 is 15.9 Å². The molecule has 0 spiro atoms. The third-order valence-corrected chi connectivity index (χ3v) is 5.58. The number of rotatable bonds is 9. The molecule has 1 aromatic heterocycles. The van der Waals surface area contributed by atoms with Crippen LogP contribution in [0.1, 0.15) is 40.0 Å². The van der Waals surface area contributed by atoms with Crippen molar-refractivity contribution >= 4 is 38.6 Å². The van der Waals surface area contributed by atoms with Crippen molar-refractivity contribution in [2.45, 2.75) is 46.1 Å². The van der Waals surface area contributed by atoms with E-state index in [1.807, 2.05) is 49.4 Å². The highest BCUT2D eigenvalue weighted by Gasteiger charge is 2.17. The summed E-state index contributed by atoms with van der Waals surface area (Å²) >= 11 is 3.54. The van der Waals surface area contributed by atoms with Crippen molar-refractivity contribution in [3.63, 3.8) is 0 Å². The number of hydrogen-bond acceptors (Lipinski definition) is 4. The molecule has 0 saturated heterocycles. The number of hydrogen-bond donors (Lipinski definition) is 1. The fourth-order valence-corrected chi connectivity index (χ4v) is 3.74. The number of benzene rings is 2. The van der Waals surface area contributed by atoms with Crippen LogP contribution in [-0.4, -0.2) is 35.0 Å². The number of amides is 1. The molecule has 0 aliphatic rings. The number of fused-ring (bicyclic) bond motifs is 1. The minimum Gasteiger partial charge on any atom is -0.355 e. The van der Waals surface area contributed by atoms with E-state index in [4.69, 9.17) is 9.97 Å². The van der Waals surface area contributed by atoms with Gasteiger partial charge in [-0.3, -0.25) is 4.79 Å². The molecule has 30 heavy (non-hydrogen) atoms. The number of nitrogens with one attached hydrogen (secondary N) is 1. The Balaban J connectivity index is 1.96. The van der Waals surface area contributed by atoms with Crippen LogP contribution in [0.25, 0.3) is 22.3 Å². The summed E-state index contributed by atoms with van der Waals surface area (Å²) in [5.74, 6) is 1.65. The highest BCUT2D eigenvalue weighted by Crippen LogP contribution is 2.29. The van der Waals surface area contributed by atoms with Crippen LogP contribution in [-0.2, 0) is 4.79 Å². The Labute approximate surface area is 187 Å². The molecule has 0 radical (unpaired) electrons. The van der Waals surface area contributed by atoms with Crippen molar-refractivity contribution in [2.75, 3.05) is 18.0 Å². The smallest absolute Gasteiger partial charge is 0.221 e. The van der Waals surface area contributed by atoms with Crippen molar-refractivity contribution in [1.29, 1.82) is 0 Å². The van der Waals surface area contributed by atoms with Crippen molar-refractivity contribution < 1.29 is 4.79 Å². The average molecular weight is 469 g/mol. The number of carbonyl (C=O) groups excluding carboxylic acids is 1. The van der Waals surface area contributed by atoms with Crippen LogP contribution in [0.3, 0.4) is 0 Å². The highest BCUT2D eigenvalue weighted by molar-refractivity contribution is 9.10. The van der Waals surface area contributed by atoms with Gasteiger partial charge in [0.1, 0.15) is 5.82 Å². The van der Waals surface area contributed by atoms with Gasteiger partial charge in [-0.05, 0) is 44.0 Å². The Morgan fingerprint density at radius 3 is 2.63 bits per heavy atom. The Bertz CT molecular complexity index is 1010. The maximum Gasteiger partial charge on any atom is 0.221 e. The van der Waals surface area contributed by atoms with E-state index in [1.165, 1.54) is 0 Å². The lowest BCUT2D eigenvalue weighted by Crippen LogP contribution is -2.36. The minimum absolute atomic E-state index is 0.0797. The first-order valence-electron chi connectivity index (χ1n) is 10.6. The van der Waals surface area contributed by atoms with Crippen LogP contribution in [0.4, 0.5) is 5.82 Å². The zero-order valence-corrected chi connectivity index (χ0v) is 19.4. The molecule has 0 fully saturated rings. The summed E-state index contributed by atoms with van der Waals surface area (Å²) in [6.45, 7) is 7.70. The summed E-state index contributed by atoms with van der Waals surface area (Å²) in [5.41, 5.74) is 1.87. The molecule has 0 saturated carbocycles. The molecule has 1 atom stereocenters. The largest absolute Gasteiger partial charge is 0.355 e. The molecule has 1 amide bonds. The van der Waals surface area contributed by atoms with Crippen molar-refractivity contribution in [2.24, 2.45) is 0 Å². The standard InChI is InChI=1S/C24H29BrN4O/c1-4-14-29(15-13-22(30)26-17(3)5-2)24-20-11-6-7-12-21(20)27-23(28-24)18-9-8-10-19(25)16-18/h6-12,16-17H,4-5,13-15H2,1-3H3,(H,26,30)/t17-/m1/s1. The first-order valence-corrected chi connectivity index (χ1v) is 11.4. The van der Waals surface area contributed by atoms with Gasteiger partial charge in [-0.2, -0.15) is 0 Å². The van der Waals surface area contributed by atoms with E-state index in [1.54, 1.807) is 0 Å². The molecule has 3 aromatic rings. The monoisotopic (exact) mass is 468 g/mol. The summed E-state index contributed by atoms with van der Waals surface area (Å²) in [7, 11) is 0. The average Bonchev–Trinajstić information content (AvgIpc) is 2.75. The lowest BCUT2D eigenvalue weighted by molar-refractivity contribution is -0.121. The predicted octanol–water partition coefficient (Wildman–Crippen LogP) is 5.58. The number of anilines is 1. The third-order valence-electron chi connectivity index (χ3n) is 5.09. The summed E-state index contributed by atoms with van der Waals surface area (Å²) in [6, 6.07) is 16.3. The molecule has 5 nitrogen and oxygen atoms in total. The van der Waals surface area contributed by atoms with E-state index >= 15 is 0 Å². The Morgan fingerprint density at radius 2 is 1.90 bits per heavy atom. The molecular weight excluding hydrogens is 440 g/mol. The van der Waals surface area contributed by atoms with Gasteiger partial charge in [0.25, 0.3) is 0 Å². The van der Waals surface area contributed by atoms with Crippen LogP contribution < -0.4 is 10.2 Å². The Kier molecular flexibility index (Phi) is 7.80. The number of nitrogens with zero attached hydrogens (tertiary/aromatic N) is 3. The normalized spacial score (nSPS) is 12.0. The second-order valence-electron chi connectivity index (χ2n) is 7.51. The van der Waals surface area contributed by atoms with E-state index in [0.717, 1.165) is 46.1 Å². The summed E-state index contributed by atoms with van der Waals surface area (Å²) in [6.07, 6.45) is 2.34. The van der Waals surface area contributed by atoms with Crippen LogP contribution in [0, 0.1) is 0 Å². The number of carbonyl (C=O) groups is 1. The molecule has 158 valence electrons. The molecule has 6 heteroatoms. The van der Waals surface area contributed by atoms with E-state index in [9.17, 15) is 4.79 Å². The Morgan fingerprint density at radius 1 is 1.10 bits per heavy atom. The SMILES string of the molecule is CCCN(CCC(=O)N[C@H](C)CC)c1nc(-c2cccc(Br)c2)nc2ccccc12. The molecular formula is C24H29BrN4O. The molecule has 3 rings (SSSR count). The van der Waals surface area contributed by atoms with Gasteiger partial charge in [0.2, 0.25) is 5.91 Å². The van der Waals surface area contributed by atoms with Crippen LogP contribution in [0.2, 0.25) is 0 Å².